The summed E-state index contributed by atoms with van der Waals surface area (Å²) in [5.41, 5.74) is 8.44. The molecule has 1 rings (SSSR count). The average molecular weight is 291 g/mol. The van der Waals surface area contributed by atoms with E-state index in [0.29, 0.717) is 11.8 Å². The Labute approximate surface area is 131 Å². The molecule has 1 aromatic rings. The number of ether oxygens (including phenoxy) is 1. The van der Waals surface area contributed by atoms with Crippen molar-refractivity contribution in [2.75, 3.05) is 13.2 Å². The molecule has 1 atom stereocenters. The number of hydrogen-bond acceptors (Lipinski definition) is 2. The molecule has 0 saturated heterocycles. The van der Waals surface area contributed by atoms with Crippen molar-refractivity contribution in [2.24, 2.45) is 17.6 Å². The minimum atomic E-state index is 0.0967. The van der Waals surface area contributed by atoms with Gasteiger partial charge < -0.3 is 10.5 Å². The largest absolute Gasteiger partial charge is 0.493 e. The molecular weight excluding hydrogens is 258 g/mol. The maximum absolute atomic E-state index is 6.01. The summed E-state index contributed by atoms with van der Waals surface area (Å²) in [5, 5.41) is 0. The van der Waals surface area contributed by atoms with E-state index in [1.807, 2.05) is 0 Å². The maximum atomic E-state index is 6.01. The van der Waals surface area contributed by atoms with Crippen molar-refractivity contribution in [3.63, 3.8) is 0 Å². The Balaban J connectivity index is 2.96. The first-order chi connectivity index (χ1) is 9.74. The SMILES string of the molecule is CC(C)COc1ccc(CC(C)CCN)cc1C(C)(C)C. The van der Waals surface area contributed by atoms with E-state index in [9.17, 15) is 0 Å². The van der Waals surface area contributed by atoms with Gasteiger partial charge in [0.1, 0.15) is 5.75 Å². The van der Waals surface area contributed by atoms with E-state index in [-0.39, 0.29) is 5.41 Å². The highest BCUT2D eigenvalue weighted by molar-refractivity contribution is 5.41. The first-order valence-corrected chi connectivity index (χ1v) is 8.20. The van der Waals surface area contributed by atoms with Crippen LogP contribution in [0, 0.1) is 11.8 Å². The third-order valence-corrected chi connectivity index (χ3v) is 3.67. The van der Waals surface area contributed by atoms with Gasteiger partial charge in [0, 0.05) is 0 Å². The van der Waals surface area contributed by atoms with Gasteiger partial charge in [0.05, 0.1) is 6.61 Å². The van der Waals surface area contributed by atoms with Gasteiger partial charge >= 0.3 is 0 Å². The summed E-state index contributed by atoms with van der Waals surface area (Å²) in [5.74, 6) is 2.21. The molecule has 0 aliphatic carbocycles. The first kappa shape index (κ1) is 18.0. The molecule has 1 aromatic carbocycles. The van der Waals surface area contributed by atoms with E-state index < -0.39 is 0 Å². The molecule has 120 valence electrons. The number of hydrogen-bond donors (Lipinski definition) is 1. The topological polar surface area (TPSA) is 35.2 Å². The van der Waals surface area contributed by atoms with Gasteiger partial charge in [-0.1, -0.05) is 53.7 Å². The average Bonchev–Trinajstić information content (AvgIpc) is 2.36. The molecule has 2 N–H and O–H groups in total. The molecular formula is C19H33NO. The molecule has 1 unspecified atom stereocenters. The summed E-state index contributed by atoms with van der Waals surface area (Å²) in [4.78, 5) is 0. The van der Waals surface area contributed by atoms with Crippen molar-refractivity contribution in [1.29, 1.82) is 0 Å². The van der Waals surface area contributed by atoms with Crippen LogP contribution in [0.25, 0.3) is 0 Å². The second-order valence-corrected chi connectivity index (χ2v) is 7.67. The monoisotopic (exact) mass is 291 g/mol. The summed E-state index contributed by atoms with van der Waals surface area (Å²) in [6.07, 6.45) is 2.17. The summed E-state index contributed by atoms with van der Waals surface area (Å²) < 4.78 is 6.01. The van der Waals surface area contributed by atoms with Crippen molar-refractivity contribution >= 4 is 0 Å². The predicted octanol–water partition coefficient (Wildman–Crippen LogP) is 4.55. The van der Waals surface area contributed by atoms with Crippen LogP contribution in [0.2, 0.25) is 0 Å². The van der Waals surface area contributed by atoms with Crippen LogP contribution in [-0.4, -0.2) is 13.2 Å². The number of nitrogens with two attached hydrogens (primary N) is 1. The third kappa shape index (κ3) is 6.09. The fraction of sp³-hybridized carbons (Fsp3) is 0.684. The molecule has 2 nitrogen and oxygen atoms in total. The molecule has 0 fully saturated rings. The Bertz CT molecular complexity index is 432. The van der Waals surface area contributed by atoms with E-state index >= 15 is 0 Å². The lowest BCUT2D eigenvalue weighted by atomic mass is 9.84. The minimum Gasteiger partial charge on any atom is -0.493 e. The fourth-order valence-corrected chi connectivity index (χ4v) is 2.46. The van der Waals surface area contributed by atoms with Crippen LogP contribution in [0.5, 0.6) is 5.75 Å². The lowest BCUT2D eigenvalue weighted by molar-refractivity contribution is 0.265. The van der Waals surface area contributed by atoms with Gasteiger partial charge in [0.25, 0.3) is 0 Å². The van der Waals surface area contributed by atoms with Crippen molar-refractivity contribution < 1.29 is 4.74 Å². The third-order valence-electron chi connectivity index (χ3n) is 3.67. The second kappa shape index (κ2) is 7.84. The highest BCUT2D eigenvalue weighted by Crippen LogP contribution is 2.33. The van der Waals surface area contributed by atoms with Crippen molar-refractivity contribution in [2.45, 2.75) is 59.8 Å². The summed E-state index contributed by atoms with van der Waals surface area (Å²) in [7, 11) is 0. The molecule has 0 aliphatic rings. The van der Waals surface area contributed by atoms with Crippen LogP contribution >= 0.6 is 0 Å². The molecule has 21 heavy (non-hydrogen) atoms. The van der Waals surface area contributed by atoms with Crippen molar-refractivity contribution in [1.82, 2.24) is 0 Å². The highest BCUT2D eigenvalue weighted by atomic mass is 16.5. The summed E-state index contributed by atoms with van der Waals surface area (Å²) in [6.45, 7) is 14.9. The quantitative estimate of drug-likeness (QED) is 0.800. The van der Waals surface area contributed by atoms with Gasteiger partial charge in [-0.3, -0.25) is 0 Å². The van der Waals surface area contributed by atoms with Gasteiger partial charge in [0.15, 0.2) is 0 Å². The van der Waals surface area contributed by atoms with Crippen molar-refractivity contribution in [3.05, 3.63) is 29.3 Å². The van der Waals surface area contributed by atoms with Gasteiger partial charge in [-0.2, -0.15) is 0 Å². The molecule has 0 bridgehead atoms. The number of rotatable bonds is 7. The lowest BCUT2D eigenvalue weighted by Gasteiger charge is -2.25. The van der Waals surface area contributed by atoms with E-state index in [1.54, 1.807) is 0 Å². The molecule has 0 spiro atoms. The van der Waals surface area contributed by atoms with Crippen LogP contribution in [0.1, 0.15) is 59.1 Å². The van der Waals surface area contributed by atoms with Gasteiger partial charge in [-0.05, 0) is 53.8 Å². The highest BCUT2D eigenvalue weighted by Gasteiger charge is 2.20. The molecule has 2 heteroatoms. The maximum Gasteiger partial charge on any atom is 0.123 e. The van der Waals surface area contributed by atoms with Gasteiger partial charge in [-0.15, -0.1) is 0 Å². The molecule has 0 aromatic heterocycles. The molecule has 0 heterocycles. The van der Waals surface area contributed by atoms with Gasteiger partial charge in [0.2, 0.25) is 0 Å². The zero-order valence-electron chi connectivity index (χ0n) is 14.7. The molecule has 0 amide bonds. The molecule has 0 saturated carbocycles. The number of benzene rings is 1. The minimum absolute atomic E-state index is 0.0967. The van der Waals surface area contributed by atoms with Crippen LogP contribution in [0.15, 0.2) is 18.2 Å². The zero-order valence-corrected chi connectivity index (χ0v) is 14.7. The predicted molar refractivity (Wildman–Crippen MR) is 92.0 cm³/mol. The summed E-state index contributed by atoms with van der Waals surface area (Å²) in [6, 6.07) is 6.67. The van der Waals surface area contributed by atoms with Crippen molar-refractivity contribution in [3.8, 4) is 5.75 Å². The Morgan fingerprint density at radius 2 is 1.81 bits per heavy atom. The van der Waals surface area contributed by atoms with E-state index in [4.69, 9.17) is 10.5 Å². The first-order valence-electron chi connectivity index (χ1n) is 8.20. The second-order valence-electron chi connectivity index (χ2n) is 7.67. The lowest BCUT2D eigenvalue weighted by Crippen LogP contribution is -2.16. The fourth-order valence-electron chi connectivity index (χ4n) is 2.46. The standard InChI is InChI=1S/C19H33NO/c1-14(2)13-21-18-8-7-16(11-15(3)9-10-20)12-17(18)19(4,5)6/h7-8,12,14-15H,9-11,13,20H2,1-6H3. The smallest absolute Gasteiger partial charge is 0.123 e. The Hall–Kier alpha value is -1.02. The molecule has 0 radical (unpaired) electrons. The Morgan fingerprint density at radius 3 is 2.33 bits per heavy atom. The Kier molecular flexibility index (Phi) is 6.73. The van der Waals surface area contributed by atoms with Crippen LogP contribution in [0.3, 0.4) is 0 Å². The zero-order chi connectivity index (χ0) is 16.0. The van der Waals surface area contributed by atoms with Gasteiger partial charge in [-0.25, -0.2) is 0 Å². The molecule has 0 aliphatic heterocycles. The van der Waals surface area contributed by atoms with Crippen LogP contribution in [0.4, 0.5) is 0 Å². The normalized spacial score (nSPS) is 13.5. The van der Waals surface area contributed by atoms with Crippen LogP contribution in [-0.2, 0) is 11.8 Å². The van der Waals surface area contributed by atoms with E-state index in [1.165, 1.54) is 11.1 Å². The van der Waals surface area contributed by atoms with E-state index in [2.05, 4.69) is 59.7 Å². The van der Waals surface area contributed by atoms with E-state index in [0.717, 1.165) is 31.7 Å². The Morgan fingerprint density at radius 1 is 1.14 bits per heavy atom. The van der Waals surface area contributed by atoms with Crippen LogP contribution < -0.4 is 10.5 Å². The summed E-state index contributed by atoms with van der Waals surface area (Å²) >= 11 is 0.